The fraction of sp³-hybridized carbons (Fsp3) is 0. The van der Waals surface area contributed by atoms with E-state index in [0.29, 0.717) is 0 Å². The summed E-state index contributed by atoms with van der Waals surface area (Å²) in [7, 11) is 0. The molecular weight excluding hydrogens is 360 g/mol. The Labute approximate surface area is 175 Å². The molecular formula is C30H20. The maximum atomic E-state index is 3.97. The minimum Gasteiger partial charge on any atom is -0.0984 e. The van der Waals surface area contributed by atoms with Gasteiger partial charge in [-0.05, 0) is 101 Å². The molecule has 6 aromatic carbocycles. The molecule has 0 nitrogen and oxygen atoms in total. The molecule has 0 aliphatic heterocycles. The van der Waals surface area contributed by atoms with Crippen LogP contribution in [0, 0.1) is 0 Å². The van der Waals surface area contributed by atoms with Crippen LogP contribution >= 0.6 is 0 Å². The molecule has 0 saturated heterocycles. The second kappa shape index (κ2) is 6.30. The van der Waals surface area contributed by atoms with Gasteiger partial charge in [-0.2, -0.15) is 0 Å². The lowest BCUT2D eigenvalue weighted by molar-refractivity contribution is 1.68. The van der Waals surface area contributed by atoms with Gasteiger partial charge in [-0.3, -0.25) is 0 Å². The topological polar surface area (TPSA) is 0 Å². The Morgan fingerprint density at radius 2 is 0.867 bits per heavy atom. The average Bonchev–Trinajstić information content (AvgIpc) is 2.80. The van der Waals surface area contributed by atoms with Crippen molar-refractivity contribution >= 4 is 66.0 Å². The van der Waals surface area contributed by atoms with E-state index in [9.17, 15) is 0 Å². The van der Waals surface area contributed by atoms with E-state index < -0.39 is 0 Å². The number of fused-ring (bicyclic) bond motifs is 7. The van der Waals surface area contributed by atoms with Crippen molar-refractivity contribution in [3.8, 4) is 0 Å². The van der Waals surface area contributed by atoms with Crippen LogP contribution in [0.15, 0.2) is 98.1 Å². The third-order valence-corrected chi connectivity index (χ3v) is 6.30. The predicted molar refractivity (Wildman–Crippen MR) is 134 cm³/mol. The van der Waals surface area contributed by atoms with Gasteiger partial charge in [-0.1, -0.05) is 73.8 Å². The van der Waals surface area contributed by atoms with Gasteiger partial charge in [0, 0.05) is 0 Å². The van der Waals surface area contributed by atoms with Crippen LogP contribution in [0.5, 0.6) is 0 Å². The Morgan fingerprint density at radius 1 is 0.400 bits per heavy atom. The Morgan fingerprint density at radius 3 is 1.43 bits per heavy atom. The van der Waals surface area contributed by atoms with Gasteiger partial charge in [0.1, 0.15) is 0 Å². The number of rotatable bonds is 2. The zero-order chi connectivity index (χ0) is 20.2. The fourth-order valence-corrected chi connectivity index (χ4v) is 4.75. The lowest BCUT2D eigenvalue weighted by Gasteiger charge is -2.11. The van der Waals surface area contributed by atoms with Crippen LogP contribution in [0.25, 0.3) is 66.0 Å². The molecule has 0 bridgehead atoms. The summed E-state index contributed by atoms with van der Waals surface area (Å²) in [6.45, 7) is 7.92. The molecule has 0 heteroatoms. The van der Waals surface area contributed by atoms with Crippen molar-refractivity contribution in [2.45, 2.75) is 0 Å². The average molecular weight is 380 g/mol. The van der Waals surface area contributed by atoms with E-state index in [-0.39, 0.29) is 0 Å². The van der Waals surface area contributed by atoms with Crippen molar-refractivity contribution in [2.75, 3.05) is 0 Å². The van der Waals surface area contributed by atoms with Gasteiger partial charge in [0.05, 0.1) is 0 Å². The molecule has 0 N–H and O–H groups in total. The molecule has 0 spiro atoms. The van der Waals surface area contributed by atoms with Crippen molar-refractivity contribution < 1.29 is 0 Å². The lowest BCUT2D eigenvalue weighted by atomic mass is 9.92. The largest absolute Gasteiger partial charge is 0.0984 e. The molecule has 0 fully saturated rings. The van der Waals surface area contributed by atoms with Crippen molar-refractivity contribution in [3.63, 3.8) is 0 Å². The monoisotopic (exact) mass is 380 g/mol. The van der Waals surface area contributed by atoms with E-state index in [1.807, 2.05) is 12.2 Å². The van der Waals surface area contributed by atoms with Gasteiger partial charge in [0.2, 0.25) is 0 Å². The first-order valence-corrected chi connectivity index (χ1v) is 10.3. The summed E-state index contributed by atoms with van der Waals surface area (Å²) in [5.41, 5.74) is 2.24. The summed E-state index contributed by atoms with van der Waals surface area (Å²) in [6.07, 6.45) is 3.81. The van der Waals surface area contributed by atoms with Gasteiger partial charge < -0.3 is 0 Å². The third-order valence-electron chi connectivity index (χ3n) is 6.30. The van der Waals surface area contributed by atoms with Crippen LogP contribution in [-0.2, 0) is 0 Å². The molecule has 0 atom stereocenters. The molecule has 140 valence electrons. The Bertz CT molecular complexity index is 1670. The Kier molecular flexibility index (Phi) is 3.57. The van der Waals surface area contributed by atoms with Gasteiger partial charge in [-0.15, -0.1) is 0 Å². The van der Waals surface area contributed by atoms with Crippen molar-refractivity contribution in [2.24, 2.45) is 0 Å². The highest BCUT2D eigenvalue weighted by molar-refractivity contribution is 6.20. The number of benzene rings is 6. The van der Waals surface area contributed by atoms with E-state index >= 15 is 0 Å². The molecule has 0 aliphatic rings. The van der Waals surface area contributed by atoms with Crippen LogP contribution in [0.1, 0.15) is 11.1 Å². The zero-order valence-electron chi connectivity index (χ0n) is 16.7. The molecule has 0 amide bonds. The second-order valence-electron chi connectivity index (χ2n) is 7.96. The highest BCUT2D eigenvalue weighted by Crippen LogP contribution is 2.35. The van der Waals surface area contributed by atoms with E-state index in [2.05, 4.69) is 98.1 Å². The fourth-order valence-electron chi connectivity index (χ4n) is 4.75. The smallest absolute Gasteiger partial charge is 0.00987 e. The van der Waals surface area contributed by atoms with Crippen LogP contribution < -0.4 is 0 Å². The van der Waals surface area contributed by atoms with E-state index in [1.165, 1.54) is 53.9 Å². The predicted octanol–water partition coefficient (Wildman–Crippen LogP) is 8.74. The minimum atomic E-state index is 1.12. The van der Waals surface area contributed by atoms with E-state index in [1.54, 1.807) is 0 Å². The molecule has 6 aromatic rings. The Balaban J connectivity index is 1.73. The van der Waals surface area contributed by atoms with Crippen LogP contribution in [0.2, 0.25) is 0 Å². The highest BCUT2D eigenvalue weighted by atomic mass is 14.1. The molecule has 0 aromatic heterocycles. The SMILES string of the molecule is C=Cc1cc2cc3ccc4c5cc6ccccc6cc5ccc4c3cc2cc1C=C. The summed E-state index contributed by atoms with van der Waals surface area (Å²) < 4.78 is 0. The lowest BCUT2D eigenvalue weighted by Crippen LogP contribution is -1.85. The number of hydrogen-bond acceptors (Lipinski definition) is 0. The zero-order valence-corrected chi connectivity index (χ0v) is 16.7. The summed E-state index contributed by atoms with van der Waals surface area (Å²) in [5, 5.41) is 12.8. The van der Waals surface area contributed by atoms with Gasteiger partial charge >= 0.3 is 0 Å². The summed E-state index contributed by atoms with van der Waals surface area (Å²) in [5.74, 6) is 0. The van der Waals surface area contributed by atoms with Gasteiger partial charge in [-0.25, -0.2) is 0 Å². The Hall–Kier alpha value is -3.90. The van der Waals surface area contributed by atoms with Crippen molar-refractivity contribution in [1.29, 1.82) is 0 Å². The molecule has 0 heterocycles. The quantitative estimate of drug-likeness (QED) is 0.208. The van der Waals surface area contributed by atoms with E-state index in [0.717, 1.165) is 11.1 Å². The normalized spacial score (nSPS) is 11.6. The third kappa shape index (κ3) is 2.41. The molecule has 6 rings (SSSR count). The molecule has 0 unspecified atom stereocenters. The molecule has 0 radical (unpaired) electrons. The van der Waals surface area contributed by atoms with Crippen LogP contribution in [0.3, 0.4) is 0 Å². The van der Waals surface area contributed by atoms with Crippen molar-refractivity contribution in [3.05, 3.63) is 109 Å². The van der Waals surface area contributed by atoms with E-state index in [4.69, 9.17) is 0 Å². The molecule has 30 heavy (non-hydrogen) atoms. The molecule has 0 saturated carbocycles. The first-order valence-electron chi connectivity index (χ1n) is 10.3. The maximum absolute atomic E-state index is 3.97. The molecule has 0 aliphatic carbocycles. The summed E-state index contributed by atoms with van der Waals surface area (Å²) >= 11 is 0. The summed E-state index contributed by atoms with van der Waals surface area (Å²) in [6, 6.07) is 31.3. The first-order chi connectivity index (χ1) is 14.7. The summed E-state index contributed by atoms with van der Waals surface area (Å²) in [4.78, 5) is 0. The standard InChI is InChI=1S/C30H20/c1-3-19-13-25-16-24-10-12-27-28(30(24)18-26(25)14-20(19)4-2)11-9-23-15-21-7-5-6-8-22(21)17-29(23)27/h3-18H,1-2H2. The second-order valence-corrected chi connectivity index (χ2v) is 7.96. The first kappa shape index (κ1) is 17.0. The van der Waals surface area contributed by atoms with Gasteiger partial charge in [0.25, 0.3) is 0 Å². The van der Waals surface area contributed by atoms with Crippen LogP contribution in [-0.4, -0.2) is 0 Å². The van der Waals surface area contributed by atoms with Crippen LogP contribution in [0.4, 0.5) is 0 Å². The number of hydrogen-bond donors (Lipinski definition) is 0. The maximum Gasteiger partial charge on any atom is -0.00987 e. The van der Waals surface area contributed by atoms with Crippen molar-refractivity contribution in [1.82, 2.24) is 0 Å². The minimum absolute atomic E-state index is 1.12. The highest BCUT2D eigenvalue weighted by Gasteiger charge is 2.08. The van der Waals surface area contributed by atoms with Gasteiger partial charge in [0.15, 0.2) is 0 Å².